The molecule has 0 spiro atoms. The molecule has 1 atom stereocenters. The van der Waals surface area contributed by atoms with Gasteiger partial charge in [0, 0.05) is 54.3 Å². The number of rotatable bonds is 9. The van der Waals surface area contributed by atoms with Crippen LogP contribution in [0.1, 0.15) is 44.9 Å². The lowest BCUT2D eigenvalue weighted by molar-refractivity contribution is 0.0924. The minimum atomic E-state index is 0.0370. The van der Waals surface area contributed by atoms with Crippen molar-refractivity contribution >= 4 is 10.9 Å². The van der Waals surface area contributed by atoms with Crippen LogP contribution in [0.5, 0.6) is 0 Å². The average Bonchev–Trinajstić information content (AvgIpc) is 3.34. The van der Waals surface area contributed by atoms with Crippen LogP contribution >= 0.6 is 0 Å². The summed E-state index contributed by atoms with van der Waals surface area (Å²) < 4.78 is 14.5. The van der Waals surface area contributed by atoms with E-state index in [0.29, 0.717) is 26.2 Å². The molecule has 2 aromatic heterocycles. The molecule has 6 heteroatoms. The van der Waals surface area contributed by atoms with E-state index in [4.69, 9.17) is 14.5 Å². The first-order valence-electron chi connectivity index (χ1n) is 14.3. The van der Waals surface area contributed by atoms with Crippen LogP contribution in [0, 0.1) is 5.92 Å². The molecule has 39 heavy (non-hydrogen) atoms. The van der Waals surface area contributed by atoms with Crippen LogP contribution in [0.25, 0.3) is 22.2 Å². The van der Waals surface area contributed by atoms with Crippen molar-refractivity contribution in [1.29, 1.82) is 0 Å². The van der Waals surface area contributed by atoms with Crippen molar-refractivity contribution in [2.75, 3.05) is 40.0 Å². The van der Waals surface area contributed by atoms with Gasteiger partial charge in [0.15, 0.2) is 0 Å². The predicted molar refractivity (Wildman–Crippen MR) is 161 cm³/mol. The van der Waals surface area contributed by atoms with Crippen molar-refractivity contribution in [3.8, 4) is 11.3 Å². The smallest absolute Gasteiger partial charge is 0.132 e. The quantitative estimate of drug-likeness (QED) is 0.173. The number of benzene rings is 1. The van der Waals surface area contributed by atoms with E-state index < -0.39 is 0 Å². The second-order valence-electron chi connectivity index (χ2n) is 10.6. The maximum Gasteiger partial charge on any atom is 0.132 e. The van der Waals surface area contributed by atoms with Gasteiger partial charge < -0.3 is 18.9 Å². The van der Waals surface area contributed by atoms with Crippen molar-refractivity contribution < 1.29 is 9.47 Å². The van der Waals surface area contributed by atoms with Gasteiger partial charge >= 0.3 is 0 Å². The summed E-state index contributed by atoms with van der Waals surface area (Å²) in [5, 5.41) is 1.22. The number of aromatic nitrogens is 3. The van der Waals surface area contributed by atoms with Gasteiger partial charge in [-0.3, -0.25) is 0 Å². The van der Waals surface area contributed by atoms with Gasteiger partial charge in [-0.25, -0.2) is 9.97 Å². The lowest BCUT2D eigenvalue weighted by Gasteiger charge is -2.22. The summed E-state index contributed by atoms with van der Waals surface area (Å²) in [6.45, 7) is 15.7. The Kier molecular flexibility index (Phi) is 10.9. The fourth-order valence-electron chi connectivity index (χ4n) is 4.98. The van der Waals surface area contributed by atoms with Crippen LogP contribution in [0.15, 0.2) is 79.4 Å². The number of ether oxygens (including phenoxy) is 2. The Hall–Kier alpha value is -3.22. The maximum absolute atomic E-state index is 6.12. The summed E-state index contributed by atoms with van der Waals surface area (Å²) >= 11 is 0. The Balaban J connectivity index is 1.44. The first-order valence-corrected chi connectivity index (χ1v) is 14.3. The molecule has 0 aliphatic carbocycles. The molecule has 1 unspecified atom stereocenters. The maximum atomic E-state index is 6.12. The first-order chi connectivity index (χ1) is 19.0. The van der Waals surface area contributed by atoms with Crippen LogP contribution in [0.2, 0.25) is 0 Å². The Morgan fingerprint density at radius 3 is 2.92 bits per heavy atom. The molecule has 0 N–H and O–H groups in total. The predicted octanol–water partition coefficient (Wildman–Crippen LogP) is 6.83. The summed E-state index contributed by atoms with van der Waals surface area (Å²) in [5.41, 5.74) is 4.31. The van der Waals surface area contributed by atoms with E-state index in [0.717, 1.165) is 67.3 Å². The Bertz CT molecular complexity index is 1260. The number of aryl methyl sites for hydroxylation is 1. The Morgan fingerprint density at radius 2 is 2.05 bits per heavy atom. The molecular formula is C33H44N4O2. The number of fused-ring (bicyclic) bond motifs is 10. The molecule has 2 aliphatic heterocycles. The number of hydrogen-bond acceptors (Lipinski definition) is 5. The normalized spacial score (nSPS) is 17.7. The van der Waals surface area contributed by atoms with Gasteiger partial charge in [0.1, 0.15) is 5.82 Å². The molecule has 0 saturated carbocycles. The highest BCUT2D eigenvalue weighted by atomic mass is 16.5. The van der Waals surface area contributed by atoms with Crippen LogP contribution in [-0.4, -0.2) is 59.4 Å². The molecule has 3 aromatic rings. The van der Waals surface area contributed by atoms with E-state index >= 15 is 0 Å². The lowest BCUT2D eigenvalue weighted by atomic mass is 9.97. The van der Waals surface area contributed by atoms with Crippen LogP contribution in [0.3, 0.4) is 0 Å². The van der Waals surface area contributed by atoms with Crippen molar-refractivity contribution in [1.82, 2.24) is 19.4 Å². The molecular weight excluding hydrogens is 484 g/mol. The number of nitrogens with zero attached hydrogens (tertiary/aromatic N) is 4. The third kappa shape index (κ3) is 8.64. The van der Waals surface area contributed by atoms with Gasteiger partial charge in [-0.1, -0.05) is 50.3 Å². The van der Waals surface area contributed by atoms with Crippen molar-refractivity contribution in [2.45, 2.75) is 52.0 Å². The van der Waals surface area contributed by atoms with Crippen LogP contribution in [-0.2, 0) is 22.4 Å². The Morgan fingerprint density at radius 1 is 1.18 bits per heavy atom. The molecule has 0 fully saturated rings. The Labute approximate surface area is 234 Å². The zero-order valence-electron chi connectivity index (χ0n) is 23.8. The minimum Gasteiger partial charge on any atom is -0.498 e. The van der Waals surface area contributed by atoms with E-state index in [1.54, 1.807) is 0 Å². The van der Waals surface area contributed by atoms with Gasteiger partial charge in [0.2, 0.25) is 0 Å². The highest BCUT2D eigenvalue weighted by molar-refractivity contribution is 5.85. The van der Waals surface area contributed by atoms with Crippen LogP contribution < -0.4 is 0 Å². The second kappa shape index (κ2) is 14.8. The SMILES string of the molecule is C=C1Cc2nccc(n2)-c2ccc3c(ccn3CC/C=C\COCC(C(=C)OCCCN(C)CCCC)C1)c2. The largest absolute Gasteiger partial charge is 0.498 e. The summed E-state index contributed by atoms with van der Waals surface area (Å²) in [5.74, 6) is 1.58. The van der Waals surface area contributed by atoms with Gasteiger partial charge in [-0.05, 0) is 63.5 Å². The average molecular weight is 529 g/mol. The third-order valence-electron chi connectivity index (χ3n) is 7.27. The van der Waals surface area contributed by atoms with E-state index in [1.165, 1.54) is 23.7 Å². The topological polar surface area (TPSA) is 52.4 Å². The summed E-state index contributed by atoms with van der Waals surface area (Å²) in [6, 6.07) is 10.7. The summed E-state index contributed by atoms with van der Waals surface area (Å²) in [7, 11) is 2.17. The molecule has 0 amide bonds. The van der Waals surface area contributed by atoms with Gasteiger partial charge in [-0.15, -0.1) is 0 Å². The van der Waals surface area contributed by atoms with Crippen molar-refractivity contribution in [3.63, 3.8) is 0 Å². The number of unbranched alkanes of at least 4 members (excludes halogenated alkanes) is 1. The van der Waals surface area contributed by atoms with Gasteiger partial charge in [0.05, 0.1) is 31.3 Å². The standard InChI is InChI=1S/C33H44N4O2/c1-5-6-16-36(4)17-10-21-39-27(3)30-22-26(2)23-33-34-15-13-31(35-33)28-11-12-32-29(24-28)14-19-37(32)18-8-7-9-20-38-25-30/h7,9,11-15,19,24,30H,2-3,5-6,8,10,16-18,20-23,25H2,1,4H3/b9-7-. The molecule has 6 nitrogen and oxygen atoms in total. The fourth-order valence-corrected chi connectivity index (χ4v) is 4.98. The second-order valence-corrected chi connectivity index (χ2v) is 10.6. The van der Waals surface area contributed by atoms with Gasteiger partial charge in [-0.2, -0.15) is 0 Å². The summed E-state index contributed by atoms with van der Waals surface area (Å²) in [4.78, 5) is 11.8. The van der Waals surface area contributed by atoms with Crippen molar-refractivity contribution in [2.24, 2.45) is 5.92 Å². The molecule has 6 bridgehead atoms. The third-order valence-corrected chi connectivity index (χ3v) is 7.27. The lowest BCUT2D eigenvalue weighted by Crippen LogP contribution is -2.22. The van der Waals surface area contributed by atoms with Crippen molar-refractivity contribution in [3.05, 3.63) is 85.2 Å². The summed E-state index contributed by atoms with van der Waals surface area (Å²) in [6.07, 6.45) is 14.0. The highest BCUT2D eigenvalue weighted by Crippen LogP contribution is 2.26. The molecule has 4 heterocycles. The number of allylic oxidation sites excluding steroid dienone is 2. The molecule has 5 rings (SSSR count). The molecule has 1 aromatic carbocycles. The first kappa shape index (κ1) is 28.8. The van der Waals surface area contributed by atoms with Gasteiger partial charge in [0.25, 0.3) is 0 Å². The van der Waals surface area contributed by atoms with E-state index in [9.17, 15) is 0 Å². The monoisotopic (exact) mass is 528 g/mol. The molecule has 0 saturated heterocycles. The number of hydrogen-bond donors (Lipinski definition) is 0. The van der Waals surface area contributed by atoms with Crippen LogP contribution in [0.4, 0.5) is 0 Å². The molecule has 0 radical (unpaired) electrons. The molecule has 2 aliphatic rings. The zero-order chi connectivity index (χ0) is 27.5. The highest BCUT2D eigenvalue weighted by Gasteiger charge is 2.17. The van der Waals surface area contributed by atoms with E-state index in [1.807, 2.05) is 12.3 Å². The van der Waals surface area contributed by atoms with E-state index in [2.05, 4.69) is 84.2 Å². The minimum absolute atomic E-state index is 0.0370. The zero-order valence-corrected chi connectivity index (χ0v) is 23.8. The van der Waals surface area contributed by atoms with E-state index in [-0.39, 0.29) is 5.92 Å². The molecule has 208 valence electrons. The fraction of sp³-hybridized carbons (Fsp3) is 0.455.